The van der Waals surface area contributed by atoms with Crippen LogP contribution in [0.1, 0.15) is 6.42 Å². The fourth-order valence-corrected chi connectivity index (χ4v) is 2.55. The first kappa shape index (κ1) is 17.5. The number of carbonyl (C=O) groups is 1. The van der Waals surface area contributed by atoms with Crippen LogP contribution in [-0.4, -0.2) is 17.6 Å². The van der Waals surface area contributed by atoms with E-state index in [0.29, 0.717) is 24.2 Å². The van der Waals surface area contributed by atoms with Gasteiger partial charge in [0.2, 0.25) is 5.91 Å². The number of anilines is 2. The highest BCUT2D eigenvalue weighted by atomic mass is 19.1. The molecular formula is C21H19FN2O2. The lowest BCUT2D eigenvalue weighted by molar-refractivity contribution is -0.115. The Balaban J connectivity index is 1.50. The number of carbonyl (C=O) groups excluding carboxylic acids is 1. The maximum absolute atomic E-state index is 13.8. The van der Waals surface area contributed by atoms with Gasteiger partial charge in [-0.25, -0.2) is 4.39 Å². The molecule has 1 amide bonds. The summed E-state index contributed by atoms with van der Waals surface area (Å²) < 4.78 is 13.8. The van der Waals surface area contributed by atoms with Crippen LogP contribution in [0, 0.1) is 5.82 Å². The third-order valence-electron chi connectivity index (χ3n) is 3.90. The molecule has 3 aromatic rings. The Morgan fingerprint density at radius 2 is 1.54 bits per heavy atom. The quantitative estimate of drug-likeness (QED) is 0.568. The largest absolute Gasteiger partial charge is 0.508 e. The Kier molecular flexibility index (Phi) is 5.49. The first-order valence-corrected chi connectivity index (χ1v) is 8.29. The summed E-state index contributed by atoms with van der Waals surface area (Å²) in [5.74, 6) is -0.214. The molecule has 0 saturated heterocycles. The van der Waals surface area contributed by atoms with Gasteiger partial charge in [-0.15, -0.1) is 0 Å². The maximum Gasteiger partial charge on any atom is 0.226 e. The van der Waals surface area contributed by atoms with Crippen molar-refractivity contribution in [3.63, 3.8) is 0 Å². The number of hydrogen-bond acceptors (Lipinski definition) is 3. The smallest absolute Gasteiger partial charge is 0.226 e. The van der Waals surface area contributed by atoms with Crippen LogP contribution in [0.15, 0.2) is 72.8 Å². The van der Waals surface area contributed by atoms with E-state index >= 15 is 0 Å². The first-order valence-electron chi connectivity index (χ1n) is 8.29. The van der Waals surface area contributed by atoms with Crippen LogP contribution in [0.25, 0.3) is 11.1 Å². The average Bonchev–Trinajstić information content (AvgIpc) is 2.65. The lowest BCUT2D eigenvalue weighted by Gasteiger charge is -2.09. The van der Waals surface area contributed by atoms with Crippen LogP contribution in [-0.2, 0) is 4.79 Å². The summed E-state index contributed by atoms with van der Waals surface area (Å²) >= 11 is 0. The molecule has 0 bridgehead atoms. The van der Waals surface area contributed by atoms with E-state index in [1.165, 1.54) is 18.2 Å². The third kappa shape index (κ3) is 4.60. The van der Waals surface area contributed by atoms with Gasteiger partial charge in [-0.3, -0.25) is 4.79 Å². The van der Waals surface area contributed by atoms with Crippen molar-refractivity contribution in [2.24, 2.45) is 0 Å². The number of phenols is 1. The Morgan fingerprint density at radius 3 is 2.23 bits per heavy atom. The number of benzene rings is 3. The van der Waals surface area contributed by atoms with E-state index in [9.17, 15) is 14.3 Å². The summed E-state index contributed by atoms with van der Waals surface area (Å²) in [6, 6.07) is 20.4. The minimum absolute atomic E-state index is 0.119. The summed E-state index contributed by atoms with van der Waals surface area (Å²) in [5, 5.41) is 15.2. The van der Waals surface area contributed by atoms with Crippen LogP contribution >= 0.6 is 0 Å². The summed E-state index contributed by atoms with van der Waals surface area (Å²) in [7, 11) is 0. The zero-order valence-corrected chi connectivity index (χ0v) is 14.1. The second-order valence-electron chi connectivity index (χ2n) is 5.83. The fourth-order valence-electron chi connectivity index (χ4n) is 2.55. The number of amides is 1. The topological polar surface area (TPSA) is 61.4 Å². The molecule has 0 aliphatic carbocycles. The predicted molar refractivity (Wildman–Crippen MR) is 102 cm³/mol. The van der Waals surface area contributed by atoms with Gasteiger partial charge in [0.1, 0.15) is 11.6 Å². The zero-order chi connectivity index (χ0) is 18.4. The van der Waals surface area contributed by atoms with E-state index in [-0.39, 0.29) is 17.5 Å². The highest BCUT2D eigenvalue weighted by Crippen LogP contribution is 2.24. The van der Waals surface area contributed by atoms with Gasteiger partial charge in [-0.2, -0.15) is 0 Å². The summed E-state index contributed by atoms with van der Waals surface area (Å²) in [6.07, 6.45) is 0.302. The molecule has 0 aliphatic rings. The molecule has 4 nitrogen and oxygen atoms in total. The molecule has 5 heteroatoms. The van der Waals surface area contributed by atoms with Crippen molar-refractivity contribution >= 4 is 17.3 Å². The van der Waals surface area contributed by atoms with Gasteiger partial charge in [0.25, 0.3) is 0 Å². The van der Waals surface area contributed by atoms with Gasteiger partial charge in [0, 0.05) is 29.9 Å². The van der Waals surface area contributed by atoms with Crippen LogP contribution in [0.5, 0.6) is 5.75 Å². The van der Waals surface area contributed by atoms with E-state index in [4.69, 9.17) is 0 Å². The Bertz CT molecular complexity index is 877. The average molecular weight is 350 g/mol. The highest BCUT2D eigenvalue weighted by Gasteiger charge is 2.05. The van der Waals surface area contributed by atoms with Crippen molar-refractivity contribution in [3.05, 3.63) is 78.6 Å². The third-order valence-corrected chi connectivity index (χ3v) is 3.90. The van der Waals surface area contributed by atoms with Crippen molar-refractivity contribution in [1.82, 2.24) is 0 Å². The van der Waals surface area contributed by atoms with Crippen LogP contribution in [0.3, 0.4) is 0 Å². The lowest BCUT2D eigenvalue weighted by atomic mass is 10.0. The molecule has 132 valence electrons. The van der Waals surface area contributed by atoms with E-state index in [0.717, 1.165) is 11.3 Å². The number of rotatable bonds is 6. The molecule has 3 rings (SSSR count). The minimum Gasteiger partial charge on any atom is -0.508 e. The molecular weight excluding hydrogens is 331 g/mol. The van der Waals surface area contributed by atoms with E-state index in [1.54, 1.807) is 30.3 Å². The second kappa shape index (κ2) is 8.16. The monoisotopic (exact) mass is 350 g/mol. The van der Waals surface area contributed by atoms with Gasteiger partial charge in [0.05, 0.1) is 0 Å². The molecule has 0 unspecified atom stereocenters. The molecule has 3 aromatic carbocycles. The van der Waals surface area contributed by atoms with Crippen LogP contribution < -0.4 is 10.6 Å². The molecule has 0 heterocycles. The van der Waals surface area contributed by atoms with Crippen molar-refractivity contribution in [3.8, 4) is 16.9 Å². The van der Waals surface area contributed by atoms with Crippen molar-refractivity contribution in [2.75, 3.05) is 17.2 Å². The van der Waals surface area contributed by atoms with Gasteiger partial charge < -0.3 is 15.7 Å². The number of aromatic hydroxyl groups is 1. The van der Waals surface area contributed by atoms with Gasteiger partial charge in [0.15, 0.2) is 0 Å². The Morgan fingerprint density at radius 1 is 0.885 bits per heavy atom. The standard InChI is InChI=1S/C21H19FN2O2/c22-20-4-2-1-3-19(20)15-5-7-16(8-6-15)23-14-13-21(26)24-17-9-11-18(25)12-10-17/h1-12,23,25H,13-14H2,(H,24,26). The van der Waals surface area contributed by atoms with Gasteiger partial charge >= 0.3 is 0 Å². The van der Waals surface area contributed by atoms with Crippen molar-refractivity contribution < 1.29 is 14.3 Å². The number of phenolic OH excluding ortho intramolecular Hbond substituents is 1. The van der Waals surface area contributed by atoms with E-state index in [1.807, 2.05) is 24.3 Å². The number of hydrogen-bond donors (Lipinski definition) is 3. The summed E-state index contributed by atoms with van der Waals surface area (Å²) in [6.45, 7) is 0.475. The number of nitrogens with one attached hydrogen (secondary N) is 2. The first-order chi connectivity index (χ1) is 12.6. The molecule has 0 radical (unpaired) electrons. The molecule has 0 atom stereocenters. The molecule has 3 N–H and O–H groups in total. The molecule has 0 fully saturated rings. The van der Waals surface area contributed by atoms with Crippen molar-refractivity contribution in [1.29, 1.82) is 0 Å². The highest BCUT2D eigenvalue weighted by molar-refractivity contribution is 5.91. The number of halogens is 1. The second-order valence-corrected chi connectivity index (χ2v) is 5.83. The predicted octanol–water partition coefficient (Wildman–Crippen LogP) is 4.64. The van der Waals surface area contributed by atoms with Gasteiger partial charge in [-0.05, 0) is 48.0 Å². The van der Waals surface area contributed by atoms with Gasteiger partial charge in [-0.1, -0.05) is 30.3 Å². The Hall–Kier alpha value is -3.34. The lowest BCUT2D eigenvalue weighted by Crippen LogP contribution is -2.16. The normalized spacial score (nSPS) is 10.3. The van der Waals surface area contributed by atoms with E-state index < -0.39 is 0 Å². The molecule has 26 heavy (non-hydrogen) atoms. The summed E-state index contributed by atoms with van der Waals surface area (Å²) in [5.41, 5.74) is 2.87. The molecule has 0 saturated carbocycles. The van der Waals surface area contributed by atoms with Crippen LogP contribution in [0.4, 0.5) is 15.8 Å². The Labute approximate surface area is 151 Å². The fraction of sp³-hybridized carbons (Fsp3) is 0.0952. The zero-order valence-electron chi connectivity index (χ0n) is 14.1. The maximum atomic E-state index is 13.8. The molecule has 0 aromatic heterocycles. The van der Waals surface area contributed by atoms with Crippen LogP contribution in [0.2, 0.25) is 0 Å². The molecule has 0 aliphatic heterocycles. The summed E-state index contributed by atoms with van der Waals surface area (Å²) in [4.78, 5) is 11.9. The van der Waals surface area contributed by atoms with Crippen molar-refractivity contribution in [2.45, 2.75) is 6.42 Å². The molecule has 0 spiro atoms. The SMILES string of the molecule is O=C(CCNc1ccc(-c2ccccc2F)cc1)Nc1ccc(O)cc1. The van der Waals surface area contributed by atoms with E-state index in [2.05, 4.69) is 10.6 Å². The minimum atomic E-state index is -0.251.